The summed E-state index contributed by atoms with van der Waals surface area (Å²) >= 11 is 0. The van der Waals surface area contributed by atoms with Crippen molar-refractivity contribution in [2.24, 2.45) is 0 Å². The van der Waals surface area contributed by atoms with Crippen molar-refractivity contribution in [2.45, 2.75) is 13.0 Å². The number of hydrogen-bond acceptors (Lipinski definition) is 6. The summed E-state index contributed by atoms with van der Waals surface area (Å²) in [5.41, 5.74) is 0. The lowest BCUT2D eigenvalue weighted by Crippen LogP contribution is -2.34. The van der Waals surface area contributed by atoms with Crippen LogP contribution in [0.2, 0.25) is 0 Å². The van der Waals surface area contributed by atoms with Crippen molar-refractivity contribution in [1.29, 1.82) is 0 Å². The van der Waals surface area contributed by atoms with Crippen LogP contribution < -0.4 is 10.6 Å². The molecule has 2 heterocycles. The van der Waals surface area contributed by atoms with Crippen LogP contribution in [0.3, 0.4) is 0 Å². The molecule has 2 N–H and O–H groups in total. The molecule has 1 atom stereocenters. The Kier molecular flexibility index (Phi) is 4.38. The molecule has 100 valence electrons. The van der Waals surface area contributed by atoms with Crippen molar-refractivity contribution in [1.82, 2.24) is 30.0 Å². The van der Waals surface area contributed by atoms with E-state index in [1.54, 1.807) is 25.4 Å². The number of rotatable bonds is 6. The highest BCUT2D eigenvalue weighted by Crippen LogP contribution is 2.01. The second kappa shape index (κ2) is 6.43. The molecule has 0 aliphatic carbocycles. The Bertz CT molecular complexity index is 499. The van der Waals surface area contributed by atoms with Gasteiger partial charge in [-0.3, -0.25) is 4.79 Å². The van der Waals surface area contributed by atoms with Crippen molar-refractivity contribution in [3.8, 4) is 0 Å². The lowest BCUT2D eigenvalue weighted by atomic mass is 10.3. The molecule has 0 fully saturated rings. The first-order chi connectivity index (χ1) is 9.27. The zero-order chi connectivity index (χ0) is 13.5. The monoisotopic (exact) mass is 261 g/mol. The summed E-state index contributed by atoms with van der Waals surface area (Å²) in [6, 6.07) is 1.36. The molecule has 0 bridgehead atoms. The first-order valence-corrected chi connectivity index (χ1v) is 5.90. The molecule has 1 amide bonds. The van der Waals surface area contributed by atoms with Crippen LogP contribution in [-0.4, -0.2) is 43.7 Å². The van der Waals surface area contributed by atoms with Gasteiger partial charge in [0.05, 0.1) is 0 Å². The van der Waals surface area contributed by atoms with E-state index in [1.807, 2.05) is 0 Å². The van der Waals surface area contributed by atoms with Crippen molar-refractivity contribution < 1.29 is 4.79 Å². The van der Waals surface area contributed by atoms with Crippen LogP contribution >= 0.6 is 0 Å². The quantitative estimate of drug-likeness (QED) is 0.702. The summed E-state index contributed by atoms with van der Waals surface area (Å²) in [7, 11) is 0. The van der Waals surface area contributed by atoms with Crippen molar-refractivity contribution in [3.63, 3.8) is 0 Å². The van der Waals surface area contributed by atoms with Crippen molar-refractivity contribution in [2.75, 3.05) is 18.4 Å². The smallest absolute Gasteiger partial charge is 0.244 e. The van der Waals surface area contributed by atoms with Crippen LogP contribution in [0.25, 0.3) is 0 Å². The topological polar surface area (TPSA) is 97.6 Å². The first-order valence-electron chi connectivity index (χ1n) is 5.90. The Morgan fingerprint density at radius 2 is 2.16 bits per heavy atom. The zero-order valence-electron chi connectivity index (χ0n) is 10.5. The summed E-state index contributed by atoms with van der Waals surface area (Å²) in [5.74, 6) is 0.433. The molecule has 2 aromatic rings. The Balaban J connectivity index is 1.70. The van der Waals surface area contributed by atoms with Crippen LogP contribution in [0.15, 0.2) is 31.1 Å². The second-order valence-corrected chi connectivity index (χ2v) is 3.84. The molecule has 8 nitrogen and oxygen atoms in total. The van der Waals surface area contributed by atoms with Crippen LogP contribution in [-0.2, 0) is 4.79 Å². The standard InChI is InChI=1S/C11H15N7O/c1-9(18-8-12-7-17-18)10(19)13-5-6-16-11-14-3-2-4-15-11/h2-4,7-9H,5-6H2,1H3,(H,13,19)(H,14,15,16)/t9-/m1/s1. The normalized spacial score (nSPS) is 11.8. The predicted molar refractivity (Wildman–Crippen MR) is 68.3 cm³/mol. The van der Waals surface area contributed by atoms with E-state index in [2.05, 4.69) is 30.7 Å². The third-order valence-corrected chi connectivity index (χ3v) is 2.49. The van der Waals surface area contributed by atoms with Crippen LogP contribution in [0.1, 0.15) is 13.0 Å². The average Bonchev–Trinajstić information content (AvgIpc) is 2.98. The van der Waals surface area contributed by atoms with E-state index in [1.165, 1.54) is 17.3 Å². The average molecular weight is 261 g/mol. The lowest BCUT2D eigenvalue weighted by Gasteiger charge is -2.12. The number of nitrogens with zero attached hydrogens (tertiary/aromatic N) is 5. The highest BCUT2D eigenvalue weighted by molar-refractivity contribution is 5.79. The fourth-order valence-electron chi connectivity index (χ4n) is 1.44. The fraction of sp³-hybridized carbons (Fsp3) is 0.364. The van der Waals surface area contributed by atoms with Gasteiger partial charge < -0.3 is 10.6 Å². The minimum Gasteiger partial charge on any atom is -0.352 e. The van der Waals surface area contributed by atoms with Gasteiger partial charge in [0.25, 0.3) is 0 Å². The van der Waals surface area contributed by atoms with Gasteiger partial charge in [-0.05, 0) is 13.0 Å². The number of carbonyl (C=O) groups excluding carboxylic acids is 1. The van der Waals surface area contributed by atoms with Gasteiger partial charge in [-0.25, -0.2) is 19.6 Å². The molecule has 0 saturated heterocycles. The first kappa shape index (κ1) is 12.9. The molecule has 0 radical (unpaired) electrons. The molecule has 19 heavy (non-hydrogen) atoms. The Morgan fingerprint density at radius 3 is 2.84 bits per heavy atom. The van der Waals surface area contributed by atoms with E-state index in [4.69, 9.17) is 0 Å². The zero-order valence-corrected chi connectivity index (χ0v) is 10.5. The summed E-state index contributed by atoms with van der Waals surface area (Å²) in [5, 5.41) is 9.72. The summed E-state index contributed by atoms with van der Waals surface area (Å²) in [6.07, 6.45) is 6.22. The maximum atomic E-state index is 11.8. The summed E-state index contributed by atoms with van der Waals surface area (Å²) in [6.45, 7) is 2.80. The highest BCUT2D eigenvalue weighted by atomic mass is 16.2. The molecular weight excluding hydrogens is 246 g/mol. The van der Waals surface area contributed by atoms with E-state index >= 15 is 0 Å². The van der Waals surface area contributed by atoms with E-state index in [0.717, 1.165) is 0 Å². The third-order valence-electron chi connectivity index (χ3n) is 2.49. The SMILES string of the molecule is C[C@H](C(=O)NCCNc1ncccn1)n1cncn1. The van der Waals surface area contributed by atoms with Crippen LogP contribution in [0.4, 0.5) is 5.95 Å². The minimum atomic E-state index is -0.379. The molecule has 8 heteroatoms. The van der Waals surface area contributed by atoms with Crippen LogP contribution in [0, 0.1) is 0 Å². The highest BCUT2D eigenvalue weighted by Gasteiger charge is 2.14. The Morgan fingerprint density at radius 1 is 1.37 bits per heavy atom. The molecular formula is C11H15N7O. The number of hydrogen-bond donors (Lipinski definition) is 2. The molecule has 0 saturated carbocycles. The van der Waals surface area contributed by atoms with Gasteiger partial charge in [0.2, 0.25) is 11.9 Å². The number of nitrogens with one attached hydrogen (secondary N) is 2. The second-order valence-electron chi connectivity index (χ2n) is 3.84. The molecule has 0 spiro atoms. The van der Waals surface area contributed by atoms with E-state index in [9.17, 15) is 4.79 Å². The van der Waals surface area contributed by atoms with Crippen molar-refractivity contribution in [3.05, 3.63) is 31.1 Å². The molecule has 0 aliphatic heterocycles. The minimum absolute atomic E-state index is 0.110. The molecule has 0 aromatic carbocycles. The van der Waals surface area contributed by atoms with Gasteiger partial charge in [0.1, 0.15) is 18.7 Å². The molecule has 0 aliphatic rings. The number of anilines is 1. The van der Waals surface area contributed by atoms with Gasteiger partial charge in [-0.1, -0.05) is 0 Å². The number of carbonyl (C=O) groups is 1. The maximum Gasteiger partial charge on any atom is 0.244 e. The van der Waals surface area contributed by atoms with E-state index in [-0.39, 0.29) is 11.9 Å². The predicted octanol–water partition coefficient (Wildman–Crippen LogP) is -0.143. The fourth-order valence-corrected chi connectivity index (χ4v) is 1.44. The Labute approximate surface area is 110 Å². The molecule has 2 rings (SSSR count). The third kappa shape index (κ3) is 3.73. The van der Waals surface area contributed by atoms with Gasteiger partial charge in [0, 0.05) is 25.5 Å². The van der Waals surface area contributed by atoms with Gasteiger partial charge in [0.15, 0.2) is 0 Å². The summed E-state index contributed by atoms with van der Waals surface area (Å²) < 4.78 is 1.50. The Hall–Kier alpha value is -2.51. The maximum absolute atomic E-state index is 11.8. The van der Waals surface area contributed by atoms with Crippen LogP contribution in [0.5, 0.6) is 0 Å². The summed E-state index contributed by atoms with van der Waals surface area (Å²) in [4.78, 5) is 23.6. The van der Waals surface area contributed by atoms with Gasteiger partial charge in [-0.2, -0.15) is 5.10 Å². The lowest BCUT2D eigenvalue weighted by molar-refractivity contribution is -0.124. The van der Waals surface area contributed by atoms with Gasteiger partial charge >= 0.3 is 0 Å². The number of amides is 1. The molecule has 2 aromatic heterocycles. The largest absolute Gasteiger partial charge is 0.352 e. The van der Waals surface area contributed by atoms with Gasteiger partial charge in [-0.15, -0.1) is 0 Å². The molecule has 0 unspecified atom stereocenters. The van der Waals surface area contributed by atoms with E-state index < -0.39 is 0 Å². The van der Waals surface area contributed by atoms with Crippen molar-refractivity contribution >= 4 is 11.9 Å². The van der Waals surface area contributed by atoms with E-state index in [0.29, 0.717) is 19.0 Å². The number of aromatic nitrogens is 5.